The van der Waals surface area contributed by atoms with Crippen molar-refractivity contribution in [3.8, 4) is 0 Å². The number of thioether (sulfide) groups is 1. The fourth-order valence-corrected chi connectivity index (χ4v) is 5.76. The van der Waals surface area contributed by atoms with Crippen molar-refractivity contribution in [2.75, 3.05) is 11.5 Å². The molecule has 3 N–H and O–H groups in total. The number of anilines is 1. The topological polar surface area (TPSA) is 92.9 Å². The highest BCUT2D eigenvalue weighted by atomic mass is 32.3. The number of allylic oxidation sites excluding steroid dienone is 1. The molecule has 0 saturated heterocycles. The van der Waals surface area contributed by atoms with Crippen molar-refractivity contribution in [1.29, 1.82) is 0 Å². The van der Waals surface area contributed by atoms with Crippen molar-refractivity contribution in [2.24, 2.45) is 5.73 Å². The number of para-hydroxylation sites is 1. The Labute approximate surface area is 133 Å². The Morgan fingerprint density at radius 2 is 2.09 bits per heavy atom. The first-order valence-corrected chi connectivity index (χ1v) is 8.96. The van der Waals surface area contributed by atoms with E-state index in [-0.39, 0.29) is 10.8 Å². The lowest BCUT2D eigenvalue weighted by atomic mass is 10.3. The third-order valence-electron chi connectivity index (χ3n) is 3.62. The molecule has 6 nitrogen and oxygen atoms in total. The molecule has 0 radical (unpaired) electrons. The number of hydrogen-bond donors (Lipinski definition) is 2. The van der Waals surface area contributed by atoms with Gasteiger partial charge in [0.05, 0.1) is 6.26 Å². The largest absolute Gasteiger partial charge is 0.498 e. The first kappa shape index (κ1) is 15.4. The van der Waals surface area contributed by atoms with E-state index in [1.807, 2.05) is 18.2 Å². The second kappa shape index (κ2) is 5.31. The van der Waals surface area contributed by atoms with Crippen LogP contribution >= 0.6 is 11.8 Å². The fourth-order valence-electron chi connectivity index (χ4n) is 2.39. The minimum atomic E-state index is -3.85. The summed E-state index contributed by atoms with van der Waals surface area (Å²) in [4.78, 5) is -0.0244. The Balaban J connectivity index is 2.05. The van der Waals surface area contributed by atoms with E-state index in [0.717, 1.165) is 17.4 Å². The van der Waals surface area contributed by atoms with Crippen LogP contribution < -0.4 is 10.6 Å². The number of rotatable bonds is 3. The number of aliphatic hydroxyl groups is 1. The van der Waals surface area contributed by atoms with Gasteiger partial charge in [-0.2, -0.15) is 0 Å². The molecular weight excluding hydrogens is 324 g/mol. The molecule has 0 saturated carbocycles. The SMILES string of the molecule is CC1=C(S(=O)(=O)C2(N)C=COC2)SC(O)N1c1ccccc1. The maximum atomic E-state index is 12.8. The summed E-state index contributed by atoms with van der Waals surface area (Å²) in [6.07, 6.45) is 2.62. The van der Waals surface area contributed by atoms with Gasteiger partial charge in [-0.1, -0.05) is 30.0 Å². The molecule has 118 valence electrons. The van der Waals surface area contributed by atoms with Crippen LogP contribution in [0, 0.1) is 0 Å². The van der Waals surface area contributed by atoms with Gasteiger partial charge in [-0.15, -0.1) is 0 Å². The summed E-state index contributed by atoms with van der Waals surface area (Å²) < 4.78 is 30.7. The predicted octanol–water partition coefficient (Wildman–Crippen LogP) is 1.32. The predicted molar refractivity (Wildman–Crippen MR) is 86.1 cm³/mol. The molecule has 2 heterocycles. The first-order chi connectivity index (χ1) is 10.4. The van der Waals surface area contributed by atoms with Gasteiger partial charge in [0.1, 0.15) is 10.8 Å². The molecule has 1 aromatic rings. The number of sulfone groups is 1. The van der Waals surface area contributed by atoms with Gasteiger partial charge in [0, 0.05) is 11.4 Å². The number of nitrogens with two attached hydrogens (primary N) is 1. The van der Waals surface area contributed by atoms with Crippen LogP contribution in [0.2, 0.25) is 0 Å². The maximum Gasteiger partial charge on any atom is 0.212 e. The fraction of sp³-hybridized carbons (Fsp3) is 0.286. The van der Waals surface area contributed by atoms with E-state index >= 15 is 0 Å². The molecule has 0 spiro atoms. The van der Waals surface area contributed by atoms with Gasteiger partial charge < -0.3 is 20.5 Å². The average molecular weight is 340 g/mol. The van der Waals surface area contributed by atoms with Crippen molar-refractivity contribution in [2.45, 2.75) is 17.4 Å². The summed E-state index contributed by atoms with van der Waals surface area (Å²) in [7, 11) is -3.85. The zero-order valence-corrected chi connectivity index (χ0v) is 13.5. The summed E-state index contributed by atoms with van der Waals surface area (Å²) >= 11 is 0.873. The van der Waals surface area contributed by atoms with Gasteiger partial charge in [-0.25, -0.2) is 8.42 Å². The first-order valence-electron chi connectivity index (χ1n) is 6.59. The minimum Gasteiger partial charge on any atom is -0.498 e. The standard InChI is InChI=1S/C14H16N2O4S2/c1-10-12(22(18,19)14(15)7-8-20-9-14)21-13(17)16(10)11-5-3-2-4-6-11/h2-8,13,17H,9,15H2,1H3. The Morgan fingerprint density at radius 3 is 2.68 bits per heavy atom. The Hall–Kier alpha value is -1.48. The number of nitrogens with zero attached hydrogens (tertiary/aromatic N) is 1. The highest BCUT2D eigenvalue weighted by Gasteiger charge is 2.48. The number of aliphatic hydroxyl groups excluding tert-OH is 1. The molecule has 0 aromatic heterocycles. The van der Waals surface area contributed by atoms with Crippen LogP contribution in [-0.2, 0) is 14.6 Å². The van der Waals surface area contributed by atoms with Gasteiger partial charge >= 0.3 is 0 Å². The monoisotopic (exact) mass is 340 g/mol. The molecule has 0 aliphatic carbocycles. The molecular formula is C14H16N2O4S2. The zero-order chi connectivity index (χ0) is 16.0. The van der Waals surface area contributed by atoms with Gasteiger partial charge in [0.25, 0.3) is 0 Å². The lowest BCUT2D eigenvalue weighted by Gasteiger charge is -2.23. The molecule has 2 atom stereocenters. The highest BCUT2D eigenvalue weighted by Crippen LogP contribution is 2.45. The van der Waals surface area contributed by atoms with Crippen molar-refractivity contribution in [3.63, 3.8) is 0 Å². The normalized spacial score (nSPS) is 28.3. The lowest BCUT2D eigenvalue weighted by molar-refractivity contribution is 0.258. The van der Waals surface area contributed by atoms with E-state index in [1.165, 1.54) is 12.3 Å². The van der Waals surface area contributed by atoms with Crippen molar-refractivity contribution < 1.29 is 18.3 Å². The van der Waals surface area contributed by atoms with Gasteiger partial charge in [0.15, 0.2) is 10.4 Å². The van der Waals surface area contributed by atoms with Crippen LogP contribution in [0.25, 0.3) is 0 Å². The van der Waals surface area contributed by atoms with Crippen molar-refractivity contribution in [3.05, 3.63) is 52.6 Å². The number of hydrogen-bond acceptors (Lipinski definition) is 7. The molecule has 8 heteroatoms. The molecule has 0 bridgehead atoms. The van der Waals surface area contributed by atoms with E-state index in [4.69, 9.17) is 10.5 Å². The van der Waals surface area contributed by atoms with E-state index in [2.05, 4.69) is 0 Å². The van der Waals surface area contributed by atoms with Crippen LogP contribution in [0.5, 0.6) is 0 Å². The zero-order valence-electron chi connectivity index (χ0n) is 11.8. The Morgan fingerprint density at radius 1 is 1.41 bits per heavy atom. The van der Waals surface area contributed by atoms with Crippen LogP contribution in [0.15, 0.2) is 52.6 Å². The lowest BCUT2D eigenvalue weighted by Crippen LogP contribution is -2.47. The summed E-state index contributed by atoms with van der Waals surface area (Å²) in [6, 6.07) is 9.11. The Bertz CT molecular complexity index is 745. The maximum absolute atomic E-state index is 12.8. The van der Waals surface area contributed by atoms with Crippen molar-refractivity contribution >= 4 is 27.3 Å². The summed E-state index contributed by atoms with van der Waals surface area (Å²) in [5.74, 6) is 0. The van der Waals surface area contributed by atoms with Crippen LogP contribution in [0.3, 0.4) is 0 Å². The summed E-state index contributed by atoms with van der Waals surface area (Å²) in [6.45, 7) is 1.53. The molecule has 0 fully saturated rings. The minimum absolute atomic E-state index is 0.0708. The van der Waals surface area contributed by atoms with Crippen LogP contribution in [-0.4, -0.2) is 30.6 Å². The van der Waals surface area contributed by atoms with E-state index in [9.17, 15) is 13.5 Å². The molecule has 1 aromatic carbocycles. The van der Waals surface area contributed by atoms with Gasteiger partial charge in [0.2, 0.25) is 9.84 Å². The third kappa shape index (κ3) is 2.23. The molecule has 2 unspecified atom stereocenters. The van der Waals surface area contributed by atoms with Crippen molar-refractivity contribution in [1.82, 2.24) is 0 Å². The summed E-state index contributed by atoms with van der Waals surface area (Å²) in [5, 5.41) is 10.3. The molecule has 2 aliphatic rings. The molecule has 2 aliphatic heterocycles. The van der Waals surface area contributed by atoms with Crippen LogP contribution in [0.1, 0.15) is 6.92 Å². The average Bonchev–Trinajstić information content (AvgIpc) is 3.05. The number of ether oxygens (including phenoxy) is 1. The van der Waals surface area contributed by atoms with E-state index in [0.29, 0.717) is 5.70 Å². The molecule has 0 amide bonds. The smallest absolute Gasteiger partial charge is 0.212 e. The highest BCUT2D eigenvalue weighted by molar-refractivity contribution is 8.19. The van der Waals surface area contributed by atoms with E-state index < -0.39 is 20.3 Å². The second-order valence-electron chi connectivity index (χ2n) is 5.09. The van der Waals surface area contributed by atoms with E-state index in [1.54, 1.807) is 24.0 Å². The van der Waals surface area contributed by atoms with Crippen LogP contribution in [0.4, 0.5) is 5.69 Å². The summed E-state index contributed by atoms with van der Waals surface area (Å²) in [5.41, 5.74) is 6.12. The Kier molecular flexibility index (Phi) is 3.72. The quantitative estimate of drug-likeness (QED) is 0.857. The second-order valence-corrected chi connectivity index (χ2v) is 8.59. The molecule has 22 heavy (non-hydrogen) atoms. The van der Waals surface area contributed by atoms with Gasteiger partial charge in [-0.3, -0.25) is 0 Å². The molecule has 3 rings (SSSR count). The third-order valence-corrected chi connectivity index (χ3v) is 7.54. The van der Waals surface area contributed by atoms with Gasteiger partial charge in [-0.05, 0) is 25.1 Å². The number of benzene rings is 1.